The van der Waals surface area contributed by atoms with Gasteiger partial charge in [-0.3, -0.25) is 24.0 Å². The molecule has 1 aromatic rings. The lowest BCUT2D eigenvalue weighted by molar-refractivity contribution is -0.144. The number of hydrogen-bond acceptors (Lipinski definition) is 7. The molecule has 0 aromatic heterocycles. The number of carboxylic acid groups (broad SMARTS) is 2. The zero-order chi connectivity index (χ0) is 25.0. The first-order valence-electron chi connectivity index (χ1n) is 9.90. The Bertz CT molecular complexity index is 876. The Morgan fingerprint density at radius 1 is 0.848 bits per heavy atom. The largest absolute Gasteiger partial charge is 0.481 e. The predicted octanol–water partition coefficient (Wildman–Crippen LogP) is -2.53. The van der Waals surface area contributed by atoms with Crippen LogP contribution in [0.1, 0.15) is 24.8 Å². The zero-order valence-electron chi connectivity index (χ0n) is 17.7. The molecule has 13 heteroatoms. The fraction of sp³-hybridized carbons (Fsp3) is 0.400. The van der Waals surface area contributed by atoms with Crippen molar-refractivity contribution in [3.8, 4) is 0 Å². The van der Waals surface area contributed by atoms with Gasteiger partial charge in [0.1, 0.15) is 18.1 Å². The highest BCUT2D eigenvalue weighted by Gasteiger charge is 2.30. The van der Waals surface area contributed by atoms with E-state index in [1.165, 1.54) is 0 Å². The Hall–Kier alpha value is -4.00. The van der Waals surface area contributed by atoms with E-state index in [0.29, 0.717) is 5.56 Å². The molecule has 4 amide bonds. The van der Waals surface area contributed by atoms with E-state index in [0.717, 1.165) is 0 Å². The van der Waals surface area contributed by atoms with Gasteiger partial charge in [0.2, 0.25) is 23.6 Å². The molecule has 0 bridgehead atoms. The minimum absolute atomic E-state index is 0.0467. The summed E-state index contributed by atoms with van der Waals surface area (Å²) in [5.41, 5.74) is 11.0. The van der Waals surface area contributed by atoms with Crippen LogP contribution in [0, 0.1) is 0 Å². The Labute approximate surface area is 188 Å². The van der Waals surface area contributed by atoms with Crippen molar-refractivity contribution in [3.63, 3.8) is 0 Å². The smallest absolute Gasteiger partial charge is 0.326 e. The second kappa shape index (κ2) is 13.4. The van der Waals surface area contributed by atoms with Crippen LogP contribution in [-0.4, -0.2) is 70.5 Å². The summed E-state index contributed by atoms with van der Waals surface area (Å²) in [6.45, 7) is -0.394. The molecule has 13 nitrogen and oxygen atoms in total. The summed E-state index contributed by atoms with van der Waals surface area (Å²) >= 11 is 0. The van der Waals surface area contributed by atoms with Crippen LogP contribution in [0.3, 0.4) is 0 Å². The van der Waals surface area contributed by atoms with Crippen LogP contribution < -0.4 is 27.4 Å². The van der Waals surface area contributed by atoms with Crippen molar-refractivity contribution in [1.82, 2.24) is 16.0 Å². The topological polar surface area (TPSA) is 231 Å². The highest BCUT2D eigenvalue weighted by Crippen LogP contribution is 2.06. The number of benzene rings is 1. The molecule has 0 aliphatic rings. The van der Waals surface area contributed by atoms with Crippen molar-refractivity contribution < 1.29 is 39.0 Å². The third kappa shape index (κ3) is 10.2. The minimum Gasteiger partial charge on any atom is -0.481 e. The van der Waals surface area contributed by atoms with E-state index in [1.807, 2.05) is 0 Å². The van der Waals surface area contributed by atoms with Gasteiger partial charge in [-0.25, -0.2) is 4.79 Å². The minimum atomic E-state index is -1.67. The van der Waals surface area contributed by atoms with Crippen LogP contribution in [0.15, 0.2) is 30.3 Å². The van der Waals surface area contributed by atoms with Crippen molar-refractivity contribution in [2.45, 2.75) is 43.8 Å². The second-order valence-electron chi connectivity index (χ2n) is 7.08. The molecule has 180 valence electrons. The third-order valence-electron chi connectivity index (χ3n) is 4.42. The highest BCUT2D eigenvalue weighted by atomic mass is 16.4. The molecule has 0 aliphatic carbocycles. The third-order valence-corrected chi connectivity index (χ3v) is 4.42. The van der Waals surface area contributed by atoms with Crippen LogP contribution in [0.25, 0.3) is 0 Å². The van der Waals surface area contributed by atoms with Crippen molar-refractivity contribution in [3.05, 3.63) is 35.9 Å². The van der Waals surface area contributed by atoms with Crippen LogP contribution >= 0.6 is 0 Å². The van der Waals surface area contributed by atoms with Crippen molar-refractivity contribution >= 4 is 35.6 Å². The van der Waals surface area contributed by atoms with E-state index >= 15 is 0 Å². The maximum absolute atomic E-state index is 12.9. The zero-order valence-corrected chi connectivity index (χ0v) is 17.7. The van der Waals surface area contributed by atoms with E-state index in [1.54, 1.807) is 30.3 Å². The van der Waals surface area contributed by atoms with Gasteiger partial charge in [-0.05, 0) is 12.0 Å². The lowest BCUT2D eigenvalue weighted by atomic mass is 10.0. The first-order valence-corrected chi connectivity index (χ1v) is 9.90. The molecule has 0 heterocycles. The number of carboxylic acids is 2. The van der Waals surface area contributed by atoms with Gasteiger partial charge in [0.25, 0.3) is 0 Å². The summed E-state index contributed by atoms with van der Waals surface area (Å²) in [5.74, 6) is -6.25. The predicted molar refractivity (Wildman–Crippen MR) is 113 cm³/mol. The molecule has 0 saturated heterocycles. The molecule has 9 N–H and O–H groups in total. The SMILES string of the molecule is NCC(=O)NC(Cc1ccccc1)C(=O)NC(CCC(=O)O)C(=O)NC(CC(N)=O)C(=O)O. The Kier molecular flexibility index (Phi) is 11.0. The van der Waals surface area contributed by atoms with Gasteiger partial charge in [0, 0.05) is 12.8 Å². The normalized spacial score (nSPS) is 13.1. The molecule has 0 saturated carbocycles. The van der Waals surface area contributed by atoms with E-state index in [4.69, 9.17) is 21.7 Å². The molecule has 3 atom stereocenters. The van der Waals surface area contributed by atoms with Gasteiger partial charge in [0.05, 0.1) is 13.0 Å². The molecule has 33 heavy (non-hydrogen) atoms. The van der Waals surface area contributed by atoms with Gasteiger partial charge in [0.15, 0.2) is 0 Å². The molecule has 1 aromatic carbocycles. The number of nitrogens with one attached hydrogen (secondary N) is 3. The summed E-state index contributed by atoms with van der Waals surface area (Å²) in [4.78, 5) is 70.6. The van der Waals surface area contributed by atoms with Gasteiger partial charge in [-0.2, -0.15) is 0 Å². The number of amides is 4. The number of rotatable bonds is 14. The highest BCUT2D eigenvalue weighted by molar-refractivity contribution is 5.94. The van der Waals surface area contributed by atoms with E-state index in [2.05, 4.69) is 16.0 Å². The second-order valence-corrected chi connectivity index (χ2v) is 7.08. The van der Waals surface area contributed by atoms with Crippen LogP contribution in [0.2, 0.25) is 0 Å². The van der Waals surface area contributed by atoms with Crippen molar-refractivity contribution in [1.29, 1.82) is 0 Å². The number of carbonyl (C=O) groups excluding carboxylic acids is 4. The molecule has 0 spiro atoms. The Morgan fingerprint density at radius 3 is 1.94 bits per heavy atom. The summed E-state index contributed by atoms with van der Waals surface area (Å²) in [6.07, 6.45) is -1.56. The van der Waals surface area contributed by atoms with Gasteiger partial charge in [-0.1, -0.05) is 30.3 Å². The lowest BCUT2D eigenvalue weighted by Crippen LogP contribution is -2.57. The fourth-order valence-electron chi connectivity index (χ4n) is 2.79. The van der Waals surface area contributed by atoms with E-state index in [-0.39, 0.29) is 12.8 Å². The quantitative estimate of drug-likeness (QED) is 0.153. The fourth-order valence-corrected chi connectivity index (χ4v) is 2.79. The standard InChI is InChI=1S/C20H27N5O8/c21-10-16(27)23-13(8-11-4-2-1-3-5-11)19(31)24-12(6-7-17(28)29)18(30)25-14(20(32)33)9-15(22)26/h1-5,12-14H,6-10,21H2,(H2,22,26)(H,23,27)(H,24,31)(H,25,30)(H,28,29)(H,32,33). The lowest BCUT2D eigenvalue weighted by Gasteiger charge is -2.24. The van der Waals surface area contributed by atoms with Crippen molar-refractivity contribution in [2.75, 3.05) is 6.54 Å². The maximum atomic E-state index is 12.9. The summed E-state index contributed by atoms with van der Waals surface area (Å²) in [6, 6.07) is 4.35. The number of hydrogen-bond donors (Lipinski definition) is 7. The number of primary amides is 1. The van der Waals surface area contributed by atoms with Gasteiger partial charge >= 0.3 is 11.9 Å². The molecular weight excluding hydrogens is 438 g/mol. The Morgan fingerprint density at radius 2 is 1.42 bits per heavy atom. The molecular formula is C20H27N5O8. The first-order chi connectivity index (χ1) is 15.5. The number of aliphatic carboxylic acids is 2. The van der Waals surface area contributed by atoms with Gasteiger partial charge in [-0.15, -0.1) is 0 Å². The number of nitrogens with two attached hydrogens (primary N) is 2. The van der Waals surface area contributed by atoms with Gasteiger partial charge < -0.3 is 37.6 Å². The van der Waals surface area contributed by atoms with Crippen LogP contribution in [-0.2, 0) is 35.2 Å². The van der Waals surface area contributed by atoms with E-state index < -0.39 is 73.1 Å². The van der Waals surface area contributed by atoms with Crippen LogP contribution in [0.5, 0.6) is 0 Å². The maximum Gasteiger partial charge on any atom is 0.326 e. The molecule has 3 unspecified atom stereocenters. The average Bonchev–Trinajstić information content (AvgIpc) is 2.75. The number of carbonyl (C=O) groups is 6. The first kappa shape index (κ1) is 27.0. The van der Waals surface area contributed by atoms with E-state index in [9.17, 15) is 28.8 Å². The molecule has 0 radical (unpaired) electrons. The monoisotopic (exact) mass is 465 g/mol. The molecule has 1 rings (SSSR count). The molecule has 0 fully saturated rings. The van der Waals surface area contributed by atoms with Crippen LogP contribution in [0.4, 0.5) is 0 Å². The average molecular weight is 465 g/mol. The van der Waals surface area contributed by atoms with Crippen molar-refractivity contribution in [2.24, 2.45) is 11.5 Å². The Balaban J connectivity index is 3.05. The summed E-state index contributed by atoms with van der Waals surface area (Å²) < 4.78 is 0. The summed E-state index contributed by atoms with van der Waals surface area (Å²) in [7, 11) is 0. The summed E-state index contributed by atoms with van der Waals surface area (Å²) in [5, 5.41) is 25.0. The molecule has 0 aliphatic heterocycles.